The summed E-state index contributed by atoms with van der Waals surface area (Å²) in [4.78, 5) is 24.1. The molecular weight excluding hydrogens is 322 g/mol. The molecule has 0 spiro atoms. The molecule has 138 valence electrons. The maximum Gasteiger partial charge on any atom is 0.320 e. The van der Waals surface area contributed by atoms with Gasteiger partial charge < -0.3 is 26.6 Å². The van der Waals surface area contributed by atoms with E-state index in [9.17, 15) is 9.59 Å². The lowest BCUT2D eigenvalue weighted by atomic mass is 9.77. The van der Waals surface area contributed by atoms with Crippen LogP contribution in [0.2, 0.25) is 0 Å². The number of nitrogens with zero attached hydrogens (tertiary/aromatic N) is 1. The second-order valence-electron chi connectivity index (χ2n) is 6.77. The summed E-state index contributed by atoms with van der Waals surface area (Å²) in [5.74, 6) is -1.90. The lowest BCUT2D eigenvalue weighted by Crippen LogP contribution is -2.41. The number of fused-ring (bicyclic) bond motifs is 1. The Bertz CT molecular complexity index is 599. The molecule has 2 aliphatic heterocycles. The smallest absolute Gasteiger partial charge is 0.320 e. The third-order valence-electron chi connectivity index (χ3n) is 5.07. The zero-order chi connectivity index (χ0) is 18.6. The van der Waals surface area contributed by atoms with Gasteiger partial charge in [0.15, 0.2) is 0 Å². The van der Waals surface area contributed by atoms with Gasteiger partial charge in [0, 0.05) is 18.2 Å². The van der Waals surface area contributed by atoms with Crippen LogP contribution in [0, 0.1) is 5.92 Å². The Balaban J connectivity index is 2.12. The minimum absolute atomic E-state index is 0.108. The lowest BCUT2D eigenvalue weighted by Gasteiger charge is -2.43. The van der Waals surface area contributed by atoms with Crippen LogP contribution in [0.15, 0.2) is 36.2 Å². The standard InChI is InChI=1S/C18H27N3O4/c1-11-12(5-7-14(19)17(22)23)10-21-9-3-2-4-16(21)13(11)6-8-15(20)18(24)25/h3,9-10,13-16H,1-2,4-8,19-20H2,(H,22,23)(H,24,25). The van der Waals surface area contributed by atoms with Gasteiger partial charge in [0.1, 0.15) is 12.1 Å². The van der Waals surface area contributed by atoms with E-state index in [1.807, 2.05) is 12.4 Å². The lowest BCUT2D eigenvalue weighted by molar-refractivity contribution is -0.139. The van der Waals surface area contributed by atoms with Crippen molar-refractivity contribution in [1.29, 1.82) is 0 Å². The highest BCUT2D eigenvalue weighted by Crippen LogP contribution is 2.39. The second kappa shape index (κ2) is 8.31. The average molecular weight is 349 g/mol. The van der Waals surface area contributed by atoms with Gasteiger partial charge in [0.25, 0.3) is 0 Å². The number of nitrogens with two attached hydrogens (primary N) is 2. The first-order valence-corrected chi connectivity index (χ1v) is 8.62. The number of hydrogen-bond donors (Lipinski definition) is 4. The number of allylic oxidation sites excluding steroid dienone is 2. The summed E-state index contributed by atoms with van der Waals surface area (Å²) in [5, 5.41) is 18.0. The van der Waals surface area contributed by atoms with Gasteiger partial charge in [-0.25, -0.2) is 0 Å². The van der Waals surface area contributed by atoms with Gasteiger partial charge in [-0.3, -0.25) is 9.59 Å². The minimum atomic E-state index is -1.01. The molecule has 6 N–H and O–H groups in total. The van der Waals surface area contributed by atoms with E-state index in [0.29, 0.717) is 25.7 Å². The predicted molar refractivity (Wildman–Crippen MR) is 94.4 cm³/mol. The molecule has 4 atom stereocenters. The summed E-state index contributed by atoms with van der Waals surface area (Å²) < 4.78 is 0. The van der Waals surface area contributed by atoms with Gasteiger partial charge in [-0.1, -0.05) is 12.7 Å². The largest absolute Gasteiger partial charge is 0.480 e. The van der Waals surface area contributed by atoms with Crippen molar-refractivity contribution in [1.82, 2.24) is 4.90 Å². The van der Waals surface area contributed by atoms with E-state index in [1.165, 1.54) is 0 Å². The predicted octanol–water partition coefficient (Wildman–Crippen LogP) is 1.42. The Morgan fingerprint density at radius 3 is 2.52 bits per heavy atom. The quantitative estimate of drug-likeness (QED) is 0.521. The van der Waals surface area contributed by atoms with Crippen molar-refractivity contribution in [2.45, 2.75) is 56.7 Å². The average Bonchev–Trinajstić information content (AvgIpc) is 2.58. The molecule has 2 aliphatic rings. The van der Waals surface area contributed by atoms with E-state index >= 15 is 0 Å². The molecule has 4 unspecified atom stereocenters. The van der Waals surface area contributed by atoms with Crippen LogP contribution in [0.5, 0.6) is 0 Å². The fourth-order valence-electron chi connectivity index (χ4n) is 3.51. The van der Waals surface area contributed by atoms with Crippen molar-refractivity contribution in [2.24, 2.45) is 17.4 Å². The SMILES string of the molecule is C=C1C(CCC(N)C(=O)O)=CN2C=CCCC2C1CCC(N)C(=O)O. The van der Waals surface area contributed by atoms with E-state index in [2.05, 4.69) is 17.6 Å². The van der Waals surface area contributed by atoms with Crippen molar-refractivity contribution in [3.63, 3.8) is 0 Å². The van der Waals surface area contributed by atoms with Gasteiger partial charge >= 0.3 is 11.9 Å². The minimum Gasteiger partial charge on any atom is -0.480 e. The van der Waals surface area contributed by atoms with Crippen LogP contribution < -0.4 is 11.5 Å². The first-order chi connectivity index (χ1) is 11.8. The molecule has 0 bridgehead atoms. The van der Waals surface area contributed by atoms with Crippen molar-refractivity contribution >= 4 is 11.9 Å². The number of carbonyl (C=O) groups is 2. The Hall–Kier alpha value is -2.12. The van der Waals surface area contributed by atoms with Crippen LogP contribution in [-0.2, 0) is 9.59 Å². The van der Waals surface area contributed by atoms with E-state index < -0.39 is 24.0 Å². The number of hydrogen-bond acceptors (Lipinski definition) is 5. The van der Waals surface area contributed by atoms with Crippen molar-refractivity contribution in [3.8, 4) is 0 Å². The summed E-state index contributed by atoms with van der Waals surface area (Å²) in [6.45, 7) is 4.22. The van der Waals surface area contributed by atoms with Gasteiger partial charge in [0.2, 0.25) is 0 Å². The molecule has 2 rings (SSSR count). The third kappa shape index (κ3) is 4.70. The molecule has 0 aromatic heterocycles. The fourth-order valence-corrected chi connectivity index (χ4v) is 3.51. The van der Waals surface area contributed by atoms with Crippen LogP contribution in [0.3, 0.4) is 0 Å². The van der Waals surface area contributed by atoms with Crippen molar-refractivity contribution in [2.75, 3.05) is 0 Å². The zero-order valence-corrected chi connectivity index (χ0v) is 14.3. The van der Waals surface area contributed by atoms with E-state index in [1.54, 1.807) is 0 Å². The van der Waals surface area contributed by atoms with Crippen LogP contribution in [0.1, 0.15) is 38.5 Å². The van der Waals surface area contributed by atoms with Crippen molar-refractivity contribution in [3.05, 3.63) is 36.2 Å². The van der Waals surface area contributed by atoms with Crippen LogP contribution in [0.4, 0.5) is 0 Å². The van der Waals surface area contributed by atoms with Gasteiger partial charge in [0.05, 0.1) is 0 Å². The highest BCUT2D eigenvalue weighted by molar-refractivity contribution is 5.73. The maximum absolute atomic E-state index is 11.0. The molecule has 2 heterocycles. The van der Waals surface area contributed by atoms with Crippen molar-refractivity contribution < 1.29 is 19.8 Å². The maximum atomic E-state index is 11.0. The Labute approximate surface area is 147 Å². The first kappa shape index (κ1) is 19.2. The van der Waals surface area contributed by atoms with Gasteiger partial charge in [-0.15, -0.1) is 0 Å². The van der Waals surface area contributed by atoms with E-state index in [0.717, 1.165) is 24.0 Å². The normalized spacial score (nSPS) is 25.1. The summed E-state index contributed by atoms with van der Waals surface area (Å²) in [6, 6.07) is -1.53. The van der Waals surface area contributed by atoms with E-state index in [-0.39, 0.29) is 12.0 Å². The van der Waals surface area contributed by atoms with Crippen LogP contribution in [0.25, 0.3) is 0 Å². The summed E-state index contributed by atoms with van der Waals surface area (Å²) in [6.07, 6.45) is 9.99. The van der Waals surface area contributed by atoms with Crippen LogP contribution >= 0.6 is 0 Å². The second-order valence-corrected chi connectivity index (χ2v) is 6.77. The number of carboxylic acid groups (broad SMARTS) is 2. The molecule has 7 nitrogen and oxygen atoms in total. The Morgan fingerprint density at radius 2 is 1.88 bits per heavy atom. The molecule has 0 amide bonds. The molecule has 25 heavy (non-hydrogen) atoms. The molecule has 0 aromatic rings. The molecule has 7 heteroatoms. The monoisotopic (exact) mass is 349 g/mol. The van der Waals surface area contributed by atoms with Crippen LogP contribution in [-0.4, -0.2) is 45.2 Å². The topological polar surface area (TPSA) is 130 Å². The number of aliphatic carboxylic acids is 2. The van der Waals surface area contributed by atoms with Gasteiger partial charge in [-0.05, 0) is 55.9 Å². The zero-order valence-electron chi connectivity index (χ0n) is 14.3. The molecule has 0 fully saturated rings. The molecule has 0 aromatic carbocycles. The summed E-state index contributed by atoms with van der Waals surface area (Å²) in [5.41, 5.74) is 13.2. The highest BCUT2D eigenvalue weighted by atomic mass is 16.4. The summed E-state index contributed by atoms with van der Waals surface area (Å²) >= 11 is 0. The number of carboxylic acids is 2. The fraction of sp³-hybridized carbons (Fsp3) is 0.556. The molecule has 0 aliphatic carbocycles. The molecule has 0 saturated carbocycles. The molecule has 0 radical (unpaired) electrons. The number of rotatable bonds is 8. The molecular formula is C18H27N3O4. The molecule has 0 saturated heterocycles. The summed E-state index contributed by atoms with van der Waals surface area (Å²) in [7, 11) is 0. The Morgan fingerprint density at radius 1 is 1.24 bits per heavy atom. The van der Waals surface area contributed by atoms with E-state index in [4.69, 9.17) is 21.7 Å². The first-order valence-electron chi connectivity index (χ1n) is 8.62. The Kier molecular flexibility index (Phi) is 6.39. The highest BCUT2D eigenvalue weighted by Gasteiger charge is 2.34. The van der Waals surface area contributed by atoms with Gasteiger partial charge in [-0.2, -0.15) is 0 Å². The third-order valence-corrected chi connectivity index (χ3v) is 5.07.